The van der Waals surface area contributed by atoms with Gasteiger partial charge in [0.1, 0.15) is 5.82 Å². The molecule has 0 aromatic heterocycles. The van der Waals surface area contributed by atoms with Crippen LogP contribution in [0.1, 0.15) is 48.3 Å². The van der Waals surface area contributed by atoms with Crippen molar-refractivity contribution in [1.82, 2.24) is 0 Å². The number of alkyl halides is 1. The summed E-state index contributed by atoms with van der Waals surface area (Å²) in [4.78, 5) is 0. The third-order valence-corrected chi connectivity index (χ3v) is 4.66. The number of halogens is 2. The van der Waals surface area contributed by atoms with Gasteiger partial charge in [-0.25, -0.2) is 4.39 Å². The second kappa shape index (κ2) is 4.97. The van der Waals surface area contributed by atoms with Crippen LogP contribution in [-0.4, -0.2) is 0 Å². The van der Waals surface area contributed by atoms with E-state index in [1.807, 2.05) is 26.0 Å². The maximum Gasteiger partial charge on any atom is 0.129 e. The first kappa shape index (κ1) is 12.9. The molecule has 1 aliphatic rings. The van der Waals surface area contributed by atoms with Gasteiger partial charge in [-0.15, -0.1) is 11.6 Å². The first-order chi connectivity index (χ1) is 8.00. The zero-order valence-corrected chi connectivity index (χ0v) is 11.5. The van der Waals surface area contributed by atoms with Crippen LogP contribution in [0.5, 0.6) is 0 Å². The second-order valence-electron chi connectivity index (χ2n) is 5.44. The van der Waals surface area contributed by atoms with E-state index in [1.54, 1.807) is 0 Å². The SMILES string of the molecule is Cc1cc(C(Cl)C2CCCC2C)cc(C)c1F. The van der Waals surface area contributed by atoms with Gasteiger partial charge in [0.2, 0.25) is 0 Å². The highest BCUT2D eigenvalue weighted by Crippen LogP contribution is 2.43. The van der Waals surface area contributed by atoms with E-state index in [0.29, 0.717) is 23.0 Å². The van der Waals surface area contributed by atoms with Gasteiger partial charge in [-0.05, 0) is 48.8 Å². The predicted octanol–water partition coefficient (Wildman–Crippen LogP) is 5.16. The van der Waals surface area contributed by atoms with E-state index in [-0.39, 0.29) is 11.2 Å². The Kier molecular flexibility index (Phi) is 3.77. The molecule has 0 radical (unpaired) electrons. The fourth-order valence-electron chi connectivity index (χ4n) is 2.99. The molecule has 94 valence electrons. The van der Waals surface area contributed by atoms with Crippen LogP contribution in [0.25, 0.3) is 0 Å². The Bertz CT molecular complexity index is 390. The number of rotatable bonds is 2. The highest BCUT2D eigenvalue weighted by molar-refractivity contribution is 6.21. The summed E-state index contributed by atoms with van der Waals surface area (Å²) in [6, 6.07) is 3.82. The Morgan fingerprint density at radius 3 is 2.29 bits per heavy atom. The summed E-state index contributed by atoms with van der Waals surface area (Å²) in [5.41, 5.74) is 2.49. The van der Waals surface area contributed by atoms with Gasteiger partial charge in [-0.2, -0.15) is 0 Å². The highest BCUT2D eigenvalue weighted by Gasteiger charge is 2.30. The van der Waals surface area contributed by atoms with Crippen LogP contribution in [0, 0.1) is 31.5 Å². The molecule has 3 unspecified atom stereocenters. The van der Waals surface area contributed by atoms with Crippen molar-refractivity contribution in [1.29, 1.82) is 0 Å². The van der Waals surface area contributed by atoms with Gasteiger partial charge < -0.3 is 0 Å². The molecule has 0 nitrogen and oxygen atoms in total. The van der Waals surface area contributed by atoms with Crippen LogP contribution >= 0.6 is 11.6 Å². The molecule has 1 aliphatic carbocycles. The normalized spacial score (nSPS) is 26.2. The molecule has 1 aromatic carbocycles. The van der Waals surface area contributed by atoms with E-state index in [9.17, 15) is 4.39 Å². The van der Waals surface area contributed by atoms with Gasteiger partial charge in [0.05, 0.1) is 5.38 Å². The summed E-state index contributed by atoms with van der Waals surface area (Å²) >= 11 is 6.58. The molecule has 0 saturated heterocycles. The number of hydrogen-bond donors (Lipinski definition) is 0. The van der Waals surface area contributed by atoms with Crippen molar-refractivity contribution >= 4 is 11.6 Å². The van der Waals surface area contributed by atoms with Crippen LogP contribution in [0.4, 0.5) is 4.39 Å². The van der Waals surface area contributed by atoms with Gasteiger partial charge in [0, 0.05) is 0 Å². The molecule has 0 aliphatic heterocycles. The maximum absolute atomic E-state index is 13.6. The molecule has 2 heteroatoms. The Morgan fingerprint density at radius 1 is 1.24 bits per heavy atom. The molecule has 0 bridgehead atoms. The summed E-state index contributed by atoms with van der Waals surface area (Å²) in [5, 5.41) is 0.0329. The lowest BCUT2D eigenvalue weighted by Gasteiger charge is -2.22. The topological polar surface area (TPSA) is 0 Å². The summed E-state index contributed by atoms with van der Waals surface area (Å²) in [7, 11) is 0. The monoisotopic (exact) mass is 254 g/mol. The Labute approximate surface area is 108 Å². The molecule has 17 heavy (non-hydrogen) atoms. The Balaban J connectivity index is 2.27. The second-order valence-corrected chi connectivity index (χ2v) is 5.91. The van der Waals surface area contributed by atoms with Gasteiger partial charge >= 0.3 is 0 Å². The highest BCUT2D eigenvalue weighted by atomic mass is 35.5. The van der Waals surface area contributed by atoms with Crippen LogP contribution in [-0.2, 0) is 0 Å². The summed E-state index contributed by atoms with van der Waals surface area (Å²) < 4.78 is 13.6. The van der Waals surface area contributed by atoms with E-state index >= 15 is 0 Å². The van der Waals surface area contributed by atoms with E-state index in [4.69, 9.17) is 11.6 Å². The first-order valence-electron chi connectivity index (χ1n) is 6.41. The molecular weight excluding hydrogens is 235 g/mol. The lowest BCUT2D eigenvalue weighted by atomic mass is 9.89. The maximum atomic E-state index is 13.6. The molecule has 1 aromatic rings. The minimum Gasteiger partial charge on any atom is -0.206 e. The number of hydrogen-bond acceptors (Lipinski definition) is 0. The van der Waals surface area contributed by atoms with Crippen molar-refractivity contribution in [2.45, 2.75) is 45.4 Å². The van der Waals surface area contributed by atoms with Gasteiger partial charge in [-0.3, -0.25) is 0 Å². The van der Waals surface area contributed by atoms with Crippen molar-refractivity contribution in [3.05, 3.63) is 34.6 Å². The zero-order valence-electron chi connectivity index (χ0n) is 10.8. The smallest absolute Gasteiger partial charge is 0.129 e. The molecule has 1 saturated carbocycles. The Hall–Kier alpha value is -0.560. The van der Waals surface area contributed by atoms with Crippen LogP contribution in [0.15, 0.2) is 12.1 Å². The fraction of sp³-hybridized carbons (Fsp3) is 0.600. The van der Waals surface area contributed by atoms with Crippen molar-refractivity contribution in [3.63, 3.8) is 0 Å². The number of aryl methyl sites for hydroxylation is 2. The largest absolute Gasteiger partial charge is 0.206 e. The van der Waals surface area contributed by atoms with Crippen LogP contribution in [0.2, 0.25) is 0 Å². The van der Waals surface area contributed by atoms with Gasteiger partial charge in [0.25, 0.3) is 0 Å². The summed E-state index contributed by atoms with van der Waals surface area (Å²) in [5.74, 6) is 1.13. The van der Waals surface area contributed by atoms with Crippen molar-refractivity contribution in [2.75, 3.05) is 0 Å². The molecule has 0 N–H and O–H groups in total. The minimum absolute atomic E-state index is 0.0329. The molecule has 2 rings (SSSR count). The zero-order chi connectivity index (χ0) is 12.6. The average molecular weight is 255 g/mol. The van der Waals surface area contributed by atoms with Crippen molar-refractivity contribution < 1.29 is 4.39 Å². The van der Waals surface area contributed by atoms with Crippen LogP contribution < -0.4 is 0 Å². The van der Waals surface area contributed by atoms with Crippen LogP contribution in [0.3, 0.4) is 0 Å². The van der Waals surface area contributed by atoms with E-state index in [0.717, 1.165) is 5.56 Å². The summed E-state index contributed by atoms with van der Waals surface area (Å²) in [6.45, 7) is 5.90. The molecule has 0 spiro atoms. The first-order valence-corrected chi connectivity index (χ1v) is 6.85. The molecule has 1 fully saturated rings. The fourth-order valence-corrected chi connectivity index (χ4v) is 3.50. The summed E-state index contributed by atoms with van der Waals surface area (Å²) in [6.07, 6.45) is 3.74. The quantitative estimate of drug-likeness (QED) is 0.640. The van der Waals surface area contributed by atoms with E-state index in [2.05, 4.69) is 6.92 Å². The van der Waals surface area contributed by atoms with E-state index < -0.39 is 0 Å². The third-order valence-electron chi connectivity index (χ3n) is 4.08. The van der Waals surface area contributed by atoms with Crippen molar-refractivity contribution in [3.8, 4) is 0 Å². The predicted molar refractivity (Wildman–Crippen MR) is 71.0 cm³/mol. The average Bonchev–Trinajstić information content (AvgIpc) is 2.70. The standard InChI is InChI=1S/C15H20ClF/c1-9-5-4-6-13(9)14(16)12-7-10(2)15(17)11(3)8-12/h7-9,13-14H,4-6H2,1-3H3. The molecular formula is C15H20ClF. The van der Waals surface area contributed by atoms with Gasteiger partial charge in [-0.1, -0.05) is 31.9 Å². The van der Waals surface area contributed by atoms with Crippen molar-refractivity contribution in [2.24, 2.45) is 11.8 Å². The van der Waals surface area contributed by atoms with E-state index in [1.165, 1.54) is 19.3 Å². The minimum atomic E-state index is -0.0999. The molecule has 3 atom stereocenters. The lowest BCUT2D eigenvalue weighted by molar-refractivity contribution is 0.405. The molecule has 0 heterocycles. The van der Waals surface area contributed by atoms with Gasteiger partial charge in [0.15, 0.2) is 0 Å². The third kappa shape index (κ3) is 2.49. The Morgan fingerprint density at radius 2 is 1.82 bits per heavy atom. The number of benzene rings is 1. The lowest BCUT2D eigenvalue weighted by Crippen LogP contribution is -2.11. The molecule has 0 amide bonds.